The number of nitro groups is 1. The standard InChI is InChI=1S/C13H9N3O4/c17-12(9-4-3-7-14-8-9)13(18)15-10-5-1-2-6-11(10)16(19)20/h1-8H,(H,15,18). The van der Waals surface area contributed by atoms with E-state index < -0.39 is 16.6 Å². The number of rotatable bonds is 4. The van der Waals surface area contributed by atoms with Crippen LogP contribution in [0.15, 0.2) is 48.8 Å². The van der Waals surface area contributed by atoms with Crippen LogP contribution in [-0.2, 0) is 4.79 Å². The zero-order chi connectivity index (χ0) is 14.5. The Morgan fingerprint density at radius 3 is 2.55 bits per heavy atom. The normalized spacial score (nSPS) is 9.80. The molecule has 7 heteroatoms. The zero-order valence-electron chi connectivity index (χ0n) is 10.1. The summed E-state index contributed by atoms with van der Waals surface area (Å²) in [6.45, 7) is 0. The second-order valence-corrected chi connectivity index (χ2v) is 3.80. The molecule has 2 rings (SSSR count). The van der Waals surface area contributed by atoms with Crippen molar-refractivity contribution in [1.29, 1.82) is 0 Å². The number of amides is 1. The average Bonchev–Trinajstić information content (AvgIpc) is 2.47. The summed E-state index contributed by atoms with van der Waals surface area (Å²) in [6.07, 6.45) is 2.72. The fourth-order valence-electron chi connectivity index (χ4n) is 1.55. The molecular formula is C13H9N3O4. The predicted octanol–water partition coefficient (Wildman–Crippen LogP) is 1.81. The van der Waals surface area contributed by atoms with Gasteiger partial charge >= 0.3 is 0 Å². The van der Waals surface area contributed by atoms with E-state index in [0.29, 0.717) is 0 Å². The molecule has 0 atom stereocenters. The molecule has 0 aliphatic rings. The monoisotopic (exact) mass is 271 g/mol. The maximum absolute atomic E-state index is 11.8. The Morgan fingerprint density at radius 2 is 1.90 bits per heavy atom. The molecular weight excluding hydrogens is 262 g/mol. The number of carbonyl (C=O) groups is 2. The summed E-state index contributed by atoms with van der Waals surface area (Å²) in [5.41, 5.74) is -0.192. The number of hydrogen-bond acceptors (Lipinski definition) is 5. The topological polar surface area (TPSA) is 102 Å². The molecule has 0 fully saturated rings. The van der Waals surface area contributed by atoms with Gasteiger partial charge in [-0.05, 0) is 18.2 Å². The number of Topliss-reactive ketones (excluding diaryl/α,β-unsaturated/α-hetero) is 1. The van der Waals surface area contributed by atoms with E-state index >= 15 is 0 Å². The fourth-order valence-corrected chi connectivity index (χ4v) is 1.55. The van der Waals surface area contributed by atoms with Crippen LogP contribution in [0.4, 0.5) is 11.4 Å². The SMILES string of the molecule is O=C(Nc1ccccc1[N+](=O)[O-])C(=O)c1cccnc1. The number of pyridine rings is 1. The maximum Gasteiger partial charge on any atom is 0.297 e. The molecule has 1 N–H and O–H groups in total. The van der Waals surface area contributed by atoms with E-state index in [-0.39, 0.29) is 16.9 Å². The van der Waals surface area contributed by atoms with E-state index in [4.69, 9.17) is 0 Å². The Bertz CT molecular complexity index is 670. The van der Waals surface area contributed by atoms with Gasteiger partial charge in [0.05, 0.1) is 4.92 Å². The van der Waals surface area contributed by atoms with Crippen molar-refractivity contribution in [1.82, 2.24) is 4.98 Å². The predicted molar refractivity (Wildman–Crippen MR) is 70.3 cm³/mol. The average molecular weight is 271 g/mol. The number of hydrogen-bond donors (Lipinski definition) is 1. The molecule has 0 saturated heterocycles. The molecule has 0 unspecified atom stereocenters. The fraction of sp³-hybridized carbons (Fsp3) is 0. The van der Waals surface area contributed by atoms with Gasteiger partial charge < -0.3 is 5.32 Å². The minimum absolute atomic E-state index is 0.0280. The molecule has 0 saturated carbocycles. The van der Waals surface area contributed by atoms with Crippen LogP contribution in [0.3, 0.4) is 0 Å². The van der Waals surface area contributed by atoms with Gasteiger partial charge in [0.2, 0.25) is 0 Å². The summed E-state index contributed by atoms with van der Waals surface area (Å²) in [5, 5.41) is 13.0. The van der Waals surface area contributed by atoms with E-state index in [1.165, 1.54) is 48.8 Å². The first-order valence-electron chi connectivity index (χ1n) is 5.58. The first kappa shape index (κ1) is 13.3. The Morgan fingerprint density at radius 1 is 1.15 bits per heavy atom. The molecule has 0 aliphatic carbocycles. The van der Waals surface area contributed by atoms with Crippen LogP contribution in [0.25, 0.3) is 0 Å². The summed E-state index contributed by atoms with van der Waals surface area (Å²) < 4.78 is 0. The number of anilines is 1. The van der Waals surface area contributed by atoms with Crippen LogP contribution >= 0.6 is 0 Å². The summed E-state index contributed by atoms with van der Waals surface area (Å²) in [5.74, 6) is -1.76. The van der Waals surface area contributed by atoms with Crippen LogP contribution in [0.1, 0.15) is 10.4 Å². The highest BCUT2D eigenvalue weighted by Gasteiger charge is 2.20. The Kier molecular flexibility index (Phi) is 3.80. The highest BCUT2D eigenvalue weighted by atomic mass is 16.6. The third kappa shape index (κ3) is 2.83. The smallest absolute Gasteiger partial charge is 0.297 e. The number of nitrogens with one attached hydrogen (secondary N) is 1. The molecule has 1 aromatic carbocycles. The summed E-state index contributed by atoms with van der Waals surface area (Å²) in [4.78, 5) is 37.5. The molecule has 0 spiro atoms. The Labute approximate surface area is 113 Å². The van der Waals surface area contributed by atoms with E-state index in [0.717, 1.165) is 0 Å². The third-order valence-electron chi connectivity index (χ3n) is 2.48. The van der Waals surface area contributed by atoms with E-state index in [2.05, 4.69) is 10.3 Å². The van der Waals surface area contributed by atoms with Crippen molar-refractivity contribution in [2.24, 2.45) is 0 Å². The number of nitrogens with zero attached hydrogens (tertiary/aromatic N) is 2. The van der Waals surface area contributed by atoms with Gasteiger partial charge in [-0.1, -0.05) is 12.1 Å². The summed E-state index contributed by atoms with van der Waals surface area (Å²) in [6, 6.07) is 8.55. The van der Waals surface area contributed by atoms with Crippen LogP contribution < -0.4 is 5.32 Å². The maximum atomic E-state index is 11.8. The Hall–Kier alpha value is -3.09. The number of aromatic nitrogens is 1. The van der Waals surface area contributed by atoms with Crippen molar-refractivity contribution >= 4 is 23.1 Å². The van der Waals surface area contributed by atoms with Crippen molar-refractivity contribution in [3.8, 4) is 0 Å². The quantitative estimate of drug-likeness (QED) is 0.395. The van der Waals surface area contributed by atoms with Crippen LogP contribution in [0.2, 0.25) is 0 Å². The molecule has 0 bridgehead atoms. The second-order valence-electron chi connectivity index (χ2n) is 3.80. The van der Waals surface area contributed by atoms with Gasteiger partial charge in [0.15, 0.2) is 0 Å². The largest absolute Gasteiger partial charge is 0.313 e. The van der Waals surface area contributed by atoms with Gasteiger partial charge in [-0.3, -0.25) is 24.7 Å². The molecule has 0 aliphatic heterocycles. The lowest BCUT2D eigenvalue weighted by Gasteiger charge is -2.04. The molecule has 1 aromatic heterocycles. The zero-order valence-corrected chi connectivity index (χ0v) is 10.1. The van der Waals surface area contributed by atoms with Crippen molar-refractivity contribution < 1.29 is 14.5 Å². The van der Waals surface area contributed by atoms with Gasteiger partial charge in [0, 0.05) is 24.0 Å². The molecule has 100 valence electrons. The number of ketones is 1. The van der Waals surface area contributed by atoms with Gasteiger partial charge in [0.25, 0.3) is 17.4 Å². The lowest BCUT2D eigenvalue weighted by atomic mass is 10.2. The number of benzene rings is 1. The minimum Gasteiger partial charge on any atom is -0.313 e. The first-order valence-corrected chi connectivity index (χ1v) is 5.58. The molecule has 2 aromatic rings. The summed E-state index contributed by atoms with van der Waals surface area (Å²) in [7, 11) is 0. The van der Waals surface area contributed by atoms with Crippen molar-refractivity contribution in [2.45, 2.75) is 0 Å². The Balaban J connectivity index is 2.21. The summed E-state index contributed by atoms with van der Waals surface area (Å²) >= 11 is 0. The van der Waals surface area contributed by atoms with E-state index in [9.17, 15) is 19.7 Å². The second kappa shape index (κ2) is 5.70. The number of para-hydroxylation sites is 2. The van der Waals surface area contributed by atoms with Gasteiger partial charge in [-0.15, -0.1) is 0 Å². The molecule has 20 heavy (non-hydrogen) atoms. The lowest BCUT2D eigenvalue weighted by Crippen LogP contribution is -2.23. The van der Waals surface area contributed by atoms with Crippen LogP contribution in [0, 0.1) is 10.1 Å². The van der Waals surface area contributed by atoms with E-state index in [1.807, 2.05) is 0 Å². The van der Waals surface area contributed by atoms with Crippen molar-refractivity contribution in [3.63, 3.8) is 0 Å². The molecule has 7 nitrogen and oxygen atoms in total. The van der Waals surface area contributed by atoms with Crippen molar-refractivity contribution in [3.05, 3.63) is 64.5 Å². The third-order valence-corrected chi connectivity index (χ3v) is 2.48. The highest BCUT2D eigenvalue weighted by Crippen LogP contribution is 2.23. The minimum atomic E-state index is -0.952. The molecule has 1 amide bonds. The van der Waals surface area contributed by atoms with Gasteiger partial charge in [0.1, 0.15) is 5.69 Å². The van der Waals surface area contributed by atoms with Crippen LogP contribution in [-0.4, -0.2) is 21.6 Å². The van der Waals surface area contributed by atoms with Crippen molar-refractivity contribution in [2.75, 3.05) is 5.32 Å². The number of nitro benzene ring substituents is 1. The van der Waals surface area contributed by atoms with Gasteiger partial charge in [-0.25, -0.2) is 0 Å². The highest BCUT2D eigenvalue weighted by molar-refractivity contribution is 6.46. The molecule has 1 heterocycles. The molecule has 0 radical (unpaired) electrons. The lowest BCUT2D eigenvalue weighted by molar-refractivity contribution is -0.383. The first-order chi connectivity index (χ1) is 9.59. The van der Waals surface area contributed by atoms with Crippen LogP contribution in [0.5, 0.6) is 0 Å². The number of carbonyl (C=O) groups excluding carboxylic acids is 2. The van der Waals surface area contributed by atoms with E-state index in [1.54, 1.807) is 0 Å². The van der Waals surface area contributed by atoms with Gasteiger partial charge in [-0.2, -0.15) is 0 Å².